The molecule has 7 heteroatoms. The number of carbonyl (C=O) groups excluding carboxylic acids is 1. The largest absolute Gasteiger partial charge is 0.477 e. The summed E-state index contributed by atoms with van der Waals surface area (Å²) in [5.74, 6) is -5.87. The SMILES string of the molecule is C/C=C/C(F)(F)c1ccc(C2=CCCN(c3cccc(F)c3)C(=O)C(C(=O)O)=C2)cc1. The van der Waals surface area contributed by atoms with Gasteiger partial charge in [0.2, 0.25) is 0 Å². The van der Waals surface area contributed by atoms with Gasteiger partial charge in [0.1, 0.15) is 11.4 Å². The van der Waals surface area contributed by atoms with Crippen molar-refractivity contribution in [3.05, 3.63) is 95.4 Å². The molecule has 160 valence electrons. The molecule has 2 aromatic rings. The molecular formula is C24H20F3NO3. The normalized spacial score (nSPS) is 15.4. The van der Waals surface area contributed by atoms with Gasteiger partial charge in [-0.25, -0.2) is 9.18 Å². The number of benzene rings is 2. The van der Waals surface area contributed by atoms with Crippen molar-refractivity contribution in [3.8, 4) is 0 Å². The van der Waals surface area contributed by atoms with Gasteiger partial charge in [-0.05, 0) is 54.8 Å². The smallest absolute Gasteiger partial charge is 0.341 e. The standard InChI is InChI=1S/C24H20F3NO3/c1-2-12-24(26,27)18-10-8-16(9-11-18)17-5-4-13-28(20-7-3-6-19(25)15-20)22(29)21(14-17)23(30)31/h2-3,5-12,14-15H,4,13H2,1H3,(H,30,31)/b12-2+,17-5?,21-14?. The molecule has 0 saturated heterocycles. The monoisotopic (exact) mass is 427 g/mol. The Morgan fingerprint density at radius 2 is 1.87 bits per heavy atom. The number of hydrogen-bond donors (Lipinski definition) is 1. The van der Waals surface area contributed by atoms with E-state index in [4.69, 9.17) is 0 Å². The first kappa shape index (κ1) is 22.1. The number of rotatable bonds is 5. The molecule has 31 heavy (non-hydrogen) atoms. The van der Waals surface area contributed by atoms with Crippen LogP contribution in [0.15, 0.2) is 78.4 Å². The summed E-state index contributed by atoms with van der Waals surface area (Å²) < 4.78 is 41.7. The number of aliphatic carboxylic acids is 1. The maximum absolute atomic E-state index is 14.0. The molecular weight excluding hydrogens is 407 g/mol. The van der Waals surface area contributed by atoms with Crippen molar-refractivity contribution in [1.29, 1.82) is 0 Å². The van der Waals surface area contributed by atoms with Crippen molar-refractivity contribution in [2.24, 2.45) is 0 Å². The van der Waals surface area contributed by atoms with E-state index in [1.807, 2.05) is 0 Å². The average Bonchev–Trinajstić information content (AvgIpc) is 2.71. The molecule has 0 aromatic heterocycles. The molecule has 1 aliphatic heterocycles. The van der Waals surface area contributed by atoms with E-state index in [9.17, 15) is 27.9 Å². The minimum Gasteiger partial charge on any atom is -0.477 e. The first-order chi connectivity index (χ1) is 14.7. The van der Waals surface area contributed by atoms with Crippen molar-refractivity contribution in [2.45, 2.75) is 19.3 Å². The fourth-order valence-electron chi connectivity index (χ4n) is 3.31. The molecule has 0 saturated carbocycles. The van der Waals surface area contributed by atoms with E-state index in [0.29, 0.717) is 17.6 Å². The van der Waals surface area contributed by atoms with Gasteiger partial charge in [0.25, 0.3) is 11.8 Å². The van der Waals surface area contributed by atoms with E-state index in [1.165, 1.54) is 66.4 Å². The fraction of sp³-hybridized carbons (Fsp3) is 0.167. The molecule has 0 bridgehead atoms. The first-order valence-corrected chi connectivity index (χ1v) is 9.58. The second kappa shape index (κ2) is 9.04. The molecule has 1 heterocycles. The van der Waals surface area contributed by atoms with Crippen molar-refractivity contribution in [1.82, 2.24) is 0 Å². The lowest BCUT2D eigenvalue weighted by Gasteiger charge is -2.24. The van der Waals surface area contributed by atoms with Crippen LogP contribution in [-0.4, -0.2) is 23.5 Å². The van der Waals surface area contributed by atoms with Gasteiger partial charge >= 0.3 is 5.97 Å². The zero-order chi connectivity index (χ0) is 22.6. The Labute approximate surface area is 177 Å². The molecule has 0 spiro atoms. The number of carboxylic acid groups (broad SMARTS) is 1. The number of anilines is 1. The van der Waals surface area contributed by atoms with Gasteiger partial charge in [0, 0.05) is 17.8 Å². The van der Waals surface area contributed by atoms with Crippen LogP contribution in [0, 0.1) is 5.82 Å². The summed E-state index contributed by atoms with van der Waals surface area (Å²) in [4.78, 5) is 25.9. The number of nitrogens with zero attached hydrogens (tertiary/aromatic N) is 1. The zero-order valence-electron chi connectivity index (χ0n) is 16.7. The predicted octanol–water partition coefficient (Wildman–Crippen LogP) is 5.32. The number of halogens is 3. The van der Waals surface area contributed by atoms with Crippen molar-refractivity contribution < 1.29 is 27.9 Å². The Hall–Kier alpha value is -3.61. The summed E-state index contributed by atoms with van der Waals surface area (Å²) in [7, 11) is 0. The fourth-order valence-corrected chi connectivity index (χ4v) is 3.31. The minimum atomic E-state index is -3.12. The first-order valence-electron chi connectivity index (χ1n) is 9.58. The Kier molecular flexibility index (Phi) is 6.44. The number of alkyl halides is 2. The van der Waals surface area contributed by atoms with Gasteiger partial charge in [0.05, 0.1) is 0 Å². The average molecular weight is 427 g/mol. The van der Waals surface area contributed by atoms with Gasteiger partial charge in [-0.3, -0.25) is 4.79 Å². The number of allylic oxidation sites excluding steroid dienone is 4. The number of carbonyl (C=O) groups is 2. The molecule has 0 radical (unpaired) electrons. The number of amides is 1. The summed E-state index contributed by atoms with van der Waals surface area (Å²) in [5.41, 5.74) is 0.496. The molecule has 0 unspecified atom stereocenters. The summed E-state index contributed by atoms with van der Waals surface area (Å²) in [5, 5.41) is 9.60. The summed E-state index contributed by atoms with van der Waals surface area (Å²) >= 11 is 0. The molecule has 0 fully saturated rings. The van der Waals surface area contributed by atoms with Crippen LogP contribution in [0.4, 0.5) is 18.9 Å². The quantitative estimate of drug-likeness (QED) is 0.519. The van der Waals surface area contributed by atoms with E-state index in [-0.39, 0.29) is 17.8 Å². The number of hydrogen-bond acceptors (Lipinski definition) is 2. The molecule has 1 aliphatic rings. The maximum atomic E-state index is 14.0. The topological polar surface area (TPSA) is 57.6 Å². The van der Waals surface area contributed by atoms with E-state index in [2.05, 4.69) is 0 Å². The summed E-state index contributed by atoms with van der Waals surface area (Å²) in [6.45, 7) is 1.64. The van der Waals surface area contributed by atoms with Gasteiger partial charge in [0.15, 0.2) is 0 Å². The van der Waals surface area contributed by atoms with Crippen LogP contribution < -0.4 is 4.90 Å². The van der Waals surface area contributed by atoms with Crippen molar-refractivity contribution in [3.63, 3.8) is 0 Å². The highest BCUT2D eigenvalue weighted by molar-refractivity contribution is 6.22. The highest BCUT2D eigenvalue weighted by Crippen LogP contribution is 2.31. The van der Waals surface area contributed by atoms with Crippen molar-refractivity contribution in [2.75, 3.05) is 11.4 Å². The zero-order valence-corrected chi connectivity index (χ0v) is 16.7. The molecule has 1 N–H and O–H groups in total. The van der Waals surface area contributed by atoms with Gasteiger partial charge in [-0.1, -0.05) is 42.5 Å². The van der Waals surface area contributed by atoms with Crippen LogP contribution in [0.2, 0.25) is 0 Å². The minimum absolute atomic E-state index is 0.133. The Morgan fingerprint density at radius 1 is 1.16 bits per heavy atom. The lowest BCUT2D eigenvalue weighted by Crippen LogP contribution is -2.36. The number of carboxylic acids is 1. The maximum Gasteiger partial charge on any atom is 0.341 e. The molecule has 1 amide bonds. The van der Waals surface area contributed by atoms with Crippen LogP contribution in [0.1, 0.15) is 24.5 Å². The lowest BCUT2D eigenvalue weighted by atomic mass is 9.97. The van der Waals surface area contributed by atoms with Gasteiger partial charge in [-0.2, -0.15) is 8.78 Å². The third-order valence-electron chi connectivity index (χ3n) is 4.82. The second-order valence-corrected chi connectivity index (χ2v) is 6.95. The molecule has 4 nitrogen and oxygen atoms in total. The molecule has 3 rings (SSSR count). The highest BCUT2D eigenvalue weighted by atomic mass is 19.3. The van der Waals surface area contributed by atoms with E-state index < -0.39 is 29.2 Å². The van der Waals surface area contributed by atoms with Crippen LogP contribution in [0.5, 0.6) is 0 Å². The van der Waals surface area contributed by atoms with E-state index in [1.54, 1.807) is 6.08 Å². The molecule has 0 aliphatic carbocycles. The summed E-state index contributed by atoms with van der Waals surface area (Å²) in [6, 6.07) is 10.8. The Bertz CT molecular complexity index is 1090. The molecule has 0 atom stereocenters. The third kappa shape index (κ3) is 4.94. The Balaban J connectivity index is 1.96. The molecule has 2 aromatic carbocycles. The van der Waals surface area contributed by atoms with Crippen LogP contribution in [-0.2, 0) is 15.5 Å². The second-order valence-electron chi connectivity index (χ2n) is 6.95. The highest BCUT2D eigenvalue weighted by Gasteiger charge is 2.28. The van der Waals surface area contributed by atoms with Crippen molar-refractivity contribution >= 4 is 23.1 Å². The van der Waals surface area contributed by atoms with Gasteiger partial charge in [-0.15, -0.1) is 0 Å². The van der Waals surface area contributed by atoms with Gasteiger partial charge < -0.3 is 10.0 Å². The Morgan fingerprint density at radius 3 is 2.48 bits per heavy atom. The van der Waals surface area contributed by atoms with Crippen LogP contribution in [0.25, 0.3) is 5.57 Å². The van der Waals surface area contributed by atoms with E-state index in [0.717, 1.165) is 12.1 Å². The van der Waals surface area contributed by atoms with Crippen LogP contribution >= 0.6 is 0 Å². The third-order valence-corrected chi connectivity index (χ3v) is 4.82. The lowest BCUT2D eigenvalue weighted by molar-refractivity contribution is -0.134. The predicted molar refractivity (Wildman–Crippen MR) is 112 cm³/mol. The van der Waals surface area contributed by atoms with Crippen LogP contribution in [0.3, 0.4) is 0 Å². The van der Waals surface area contributed by atoms with E-state index >= 15 is 0 Å². The summed E-state index contributed by atoms with van der Waals surface area (Å²) in [6.07, 6.45) is 5.36.